The maximum atomic E-state index is 9.66. The molecule has 1 atom stereocenters. The van der Waals surface area contributed by atoms with E-state index in [2.05, 4.69) is 10.3 Å². The van der Waals surface area contributed by atoms with Crippen molar-refractivity contribution in [3.63, 3.8) is 0 Å². The smallest absolute Gasteiger partial charge is 0.137 e. The molecule has 1 heterocycles. The van der Waals surface area contributed by atoms with Gasteiger partial charge >= 0.3 is 0 Å². The van der Waals surface area contributed by atoms with Gasteiger partial charge in [-0.15, -0.1) is 0 Å². The quantitative estimate of drug-likeness (QED) is 0.729. The molecule has 78 valence electrons. The Labute approximate surface area is 83.9 Å². The van der Waals surface area contributed by atoms with Crippen molar-refractivity contribution in [2.24, 2.45) is 0 Å². The van der Waals surface area contributed by atoms with E-state index >= 15 is 0 Å². The molecule has 0 saturated carbocycles. The Morgan fingerprint density at radius 2 is 2.36 bits per heavy atom. The summed E-state index contributed by atoms with van der Waals surface area (Å²) >= 11 is 0. The van der Waals surface area contributed by atoms with Crippen molar-refractivity contribution in [2.75, 3.05) is 20.2 Å². The number of rotatable bonds is 5. The Morgan fingerprint density at radius 3 is 3.00 bits per heavy atom. The van der Waals surface area contributed by atoms with Crippen LogP contribution in [-0.4, -0.2) is 30.3 Å². The van der Waals surface area contributed by atoms with Crippen molar-refractivity contribution < 1.29 is 9.84 Å². The van der Waals surface area contributed by atoms with Crippen molar-refractivity contribution in [2.45, 2.75) is 13.0 Å². The predicted molar refractivity (Wildman–Crippen MR) is 54.3 cm³/mol. The van der Waals surface area contributed by atoms with Crippen LogP contribution < -0.4 is 10.1 Å². The minimum absolute atomic E-state index is 0.511. The molecular weight excluding hydrogens is 180 g/mol. The molecule has 1 unspecified atom stereocenters. The minimum atomic E-state index is -0.534. The highest BCUT2D eigenvalue weighted by Gasteiger charge is 2.07. The summed E-state index contributed by atoms with van der Waals surface area (Å²) in [5.74, 6) is 0.695. The number of hydrogen-bond acceptors (Lipinski definition) is 4. The third kappa shape index (κ3) is 2.97. The Morgan fingerprint density at radius 1 is 1.57 bits per heavy atom. The number of aliphatic hydroxyl groups excluding tert-OH is 1. The van der Waals surface area contributed by atoms with E-state index in [1.165, 1.54) is 0 Å². The Balaban J connectivity index is 2.71. The topological polar surface area (TPSA) is 54.4 Å². The van der Waals surface area contributed by atoms with Crippen LogP contribution in [-0.2, 0) is 0 Å². The van der Waals surface area contributed by atoms with Gasteiger partial charge in [0.1, 0.15) is 5.75 Å². The minimum Gasteiger partial charge on any atom is -0.492 e. The molecule has 0 aliphatic heterocycles. The number of nitrogens with zero attached hydrogens (tertiary/aromatic N) is 1. The molecule has 0 aromatic carbocycles. The molecule has 1 aromatic rings. The summed E-state index contributed by atoms with van der Waals surface area (Å²) in [6, 6.07) is 1.80. The molecule has 0 amide bonds. The molecule has 1 aromatic heterocycles. The SMILES string of the molecule is CCOc1cncc(C(O)CNC)c1. The van der Waals surface area contributed by atoms with E-state index in [0.29, 0.717) is 18.9 Å². The van der Waals surface area contributed by atoms with Crippen LogP contribution in [0.2, 0.25) is 0 Å². The second-order valence-corrected chi connectivity index (χ2v) is 2.96. The van der Waals surface area contributed by atoms with Gasteiger partial charge in [-0.1, -0.05) is 0 Å². The zero-order valence-electron chi connectivity index (χ0n) is 8.53. The first-order chi connectivity index (χ1) is 6.77. The second-order valence-electron chi connectivity index (χ2n) is 2.96. The lowest BCUT2D eigenvalue weighted by Gasteiger charge is -2.11. The number of ether oxygens (including phenoxy) is 1. The van der Waals surface area contributed by atoms with Gasteiger partial charge in [0.05, 0.1) is 18.9 Å². The van der Waals surface area contributed by atoms with Crippen LogP contribution in [0.25, 0.3) is 0 Å². The van der Waals surface area contributed by atoms with E-state index in [-0.39, 0.29) is 0 Å². The van der Waals surface area contributed by atoms with Crippen molar-refractivity contribution >= 4 is 0 Å². The molecule has 0 spiro atoms. The monoisotopic (exact) mass is 196 g/mol. The molecule has 0 bridgehead atoms. The number of likely N-dealkylation sites (N-methyl/N-ethyl adjacent to an activating group) is 1. The lowest BCUT2D eigenvalue weighted by molar-refractivity contribution is 0.176. The third-order valence-corrected chi connectivity index (χ3v) is 1.83. The lowest BCUT2D eigenvalue weighted by Crippen LogP contribution is -2.16. The second kappa shape index (κ2) is 5.57. The molecule has 0 radical (unpaired) electrons. The van der Waals surface area contributed by atoms with E-state index in [0.717, 1.165) is 5.56 Å². The highest BCUT2D eigenvalue weighted by Crippen LogP contribution is 2.16. The van der Waals surface area contributed by atoms with Crippen molar-refractivity contribution in [3.05, 3.63) is 24.0 Å². The summed E-state index contributed by atoms with van der Waals surface area (Å²) in [6.07, 6.45) is 2.75. The molecule has 14 heavy (non-hydrogen) atoms. The highest BCUT2D eigenvalue weighted by atomic mass is 16.5. The molecule has 0 saturated heterocycles. The van der Waals surface area contributed by atoms with Crippen LogP contribution in [0.5, 0.6) is 5.75 Å². The average Bonchev–Trinajstić information content (AvgIpc) is 2.19. The van der Waals surface area contributed by atoms with Gasteiger partial charge in [0.25, 0.3) is 0 Å². The van der Waals surface area contributed by atoms with Crippen LogP contribution in [0.4, 0.5) is 0 Å². The van der Waals surface area contributed by atoms with E-state index in [4.69, 9.17) is 4.74 Å². The van der Waals surface area contributed by atoms with Crippen molar-refractivity contribution in [1.82, 2.24) is 10.3 Å². The molecule has 0 fully saturated rings. The Bertz CT molecular complexity index is 279. The van der Waals surface area contributed by atoms with Crippen LogP contribution >= 0.6 is 0 Å². The summed E-state index contributed by atoms with van der Waals surface area (Å²) < 4.78 is 5.28. The van der Waals surface area contributed by atoms with Gasteiger partial charge in [0.15, 0.2) is 0 Å². The number of aromatic nitrogens is 1. The fraction of sp³-hybridized carbons (Fsp3) is 0.500. The highest BCUT2D eigenvalue weighted by molar-refractivity contribution is 5.25. The van der Waals surface area contributed by atoms with E-state index in [1.807, 2.05) is 6.92 Å². The van der Waals surface area contributed by atoms with Gasteiger partial charge in [0.2, 0.25) is 0 Å². The van der Waals surface area contributed by atoms with Crippen LogP contribution in [0, 0.1) is 0 Å². The fourth-order valence-corrected chi connectivity index (χ4v) is 1.17. The summed E-state index contributed by atoms with van der Waals surface area (Å²) in [7, 11) is 1.79. The average molecular weight is 196 g/mol. The summed E-state index contributed by atoms with van der Waals surface area (Å²) in [4.78, 5) is 3.99. The zero-order chi connectivity index (χ0) is 10.4. The van der Waals surface area contributed by atoms with Gasteiger partial charge in [-0.25, -0.2) is 0 Å². The predicted octanol–water partition coefficient (Wildman–Crippen LogP) is 0.733. The van der Waals surface area contributed by atoms with E-state index in [9.17, 15) is 5.11 Å². The summed E-state index contributed by atoms with van der Waals surface area (Å²) in [6.45, 7) is 3.03. The Kier molecular flexibility index (Phi) is 4.35. The van der Waals surface area contributed by atoms with Gasteiger partial charge in [-0.3, -0.25) is 4.98 Å². The third-order valence-electron chi connectivity index (χ3n) is 1.83. The molecule has 0 aliphatic carbocycles. The molecular formula is C10H16N2O2. The first-order valence-electron chi connectivity index (χ1n) is 4.68. The number of nitrogens with one attached hydrogen (secondary N) is 1. The molecule has 0 aliphatic rings. The standard InChI is InChI=1S/C10H16N2O2/c1-3-14-9-4-8(5-12-6-9)10(13)7-11-2/h4-6,10-11,13H,3,7H2,1-2H3. The summed E-state index contributed by atoms with van der Waals surface area (Å²) in [5, 5.41) is 12.6. The van der Waals surface area contributed by atoms with E-state index in [1.54, 1.807) is 25.5 Å². The van der Waals surface area contributed by atoms with Gasteiger partial charge in [-0.2, -0.15) is 0 Å². The van der Waals surface area contributed by atoms with Crippen molar-refractivity contribution in [1.29, 1.82) is 0 Å². The fourth-order valence-electron chi connectivity index (χ4n) is 1.17. The van der Waals surface area contributed by atoms with Gasteiger partial charge < -0.3 is 15.2 Å². The maximum Gasteiger partial charge on any atom is 0.137 e. The van der Waals surface area contributed by atoms with E-state index < -0.39 is 6.10 Å². The van der Waals surface area contributed by atoms with Crippen molar-refractivity contribution in [3.8, 4) is 5.75 Å². The molecule has 4 nitrogen and oxygen atoms in total. The number of aliphatic hydroxyl groups is 1. The molecule has 4 heteroatoms. The normalized spacial score (nSPS) is 12.5. The number of pyridine rings is 1. The first kappa shape index (κ1) is 10.9. The van der Waals surface area contributed by atoms with Crippen LogP contribution in [0.3, 0.4) is 0 Å². The first-order valence-corrected chi connectivity index (χ1v) is 4.68. The lowest BCUT2D eigenvalue weighted by atomic mass is 10.1. The zero-order valence-corrected chi connectivity index (χ0v) is 8.53. The van der Waals surface area contributed by atoms with Gasteiger partial charge in [0, 0.05) is 18.3 Å². The van der Waals surface area contributed by atoms with Gasteiger partial charge in [-0.05, 0) is 20.0 Å². The number of hydrogen-bond donors (Lipinski definition) is 2. The largest absolute Gasteiger partial charge is 0.492 e. The van der Waals surface area contributed by atoms with Crippen LogP contribution in [0.15, 0.2) is 18.5 Å². The molecule has 2 N–H and O–H groups in total. The molecule has 1 rings (SSSR count). The summed E-state index contributed by atoms with van der Waals surface area (Å²) in [5.41, 5.74) is 0.769. The van der Waals surface area contributed by atoms with Crippen LogP contribution in [0.1, 0.15) is 18.6 Å². The maximum absolute atomic E-state index is 9.66. The Hall–Kier alpha value is -1.13.